The molecule has 0 radical (unpaired) electrons. The summed E-state index contributed by atoms with van der Waals surface area (Å²) >= 11 is 0. The van der Waals surface area contributed by atoms with Crippen LogP contribution < -0.4 is 10.6 Å². The van der Waals surface area contributed by atoms with Gasteiger partial charge in [-0.25, -0.2) is 23.7 Å². The third-order valence-electron chi connectivity index (χ3n) is 7.85. The van der Waals surface area contributed by atoms with Crippen molar-refractivity contribution in [2.75, 3.05) is 32.9 Å². The van der Waals surface area contributed by atoms with Gasteiger partial charge in [-0.05, 0) is 44.2 Å². The molecule has 1 amide bonds. The first-order chi connectivity index (χ1) is 19.0. The predicted molar refractivity (Wildman–Crippen MR) is 142 cm³/mol. The Hall–Kier alpha value is -3.12. The van der Waals surface area contributed by atoms with E-state index in [-0.39, 0.29) is 29.9 Å². The molecule has 6 rings (SSSR count). The molecule has 2 aromatic rings. The molecule has 1 aromatic heterocycles. The molecule has 3 aliphatic heterocycles. The van der Waals surface area contributed by atoms with Crippen LogP contribution in [-0.2, 0) is 14.3 Å². The number of ether oxygens (including phenoxy) is 2. The van der Waals surface area contributed by atoms with Gasteiger partial charge in [-0.3, -0.25) is 9.36 Å². The van der Waals surface area contributed by atoms with Gasteiger partial charge in [0.2, 0.25) is 11.9 Å². The van der Waals surface area contributed by atoms with Gasteiger partial charge in [-0.15, -0.1) is 0 Å². The van der Waals surface area contributed by atoms with Crippen LogP contribution in [0.4, 0.5) is 8.78 Å². The number of guanidine groups is 1. The number of aromatic nitrogens is 2. The number of hydrogen-bond donors (Lipinski definition) is 2. The number of benzene rings is 1. The van der Waals surface area contributed by atoms with Crippen LogP contribution in [0.2, 0.25) is 0 Å². The van der Waals surface area contributed by atoms with Crippen LogP contribution in [0.5, 0.6) is 0 Å². The van der Waals surface area contributed by atoms with Crippen molar-refractivity contribution in [3.8, 4) is 0 Å². The Kier molecular flexibility index (Phi) is 7.73. The second kappa shape index (κ2) is 11.5. The molecular weight excluding hydrogens is 508 g/mol. The third-order valence-corrected chi connectivity index (χ3v) is 7.85. The highest BCUT2D eigenvalue weighted by molar-refractivity contribution is 5.98. The van der Waals surface area contributed by atoms with Gasteiger partial charge >= 0.3 is 0 Å². The molecule has 1 aliphatic carbocycles. The summed E-state index contributed by atoms with van der Waals surface area (Å²) in [4.78, 5) is 28.4. The maximum Gasteiger partial charge on any atom is 0.295 e. The zero-order valence-electron chi connectivity index (χ0n) is 21.9. The molecule has 0 spiro atoms. The monoisotopic (exact) mass is 543 g/mol. The van der Waals surface area contributed by atoms with Crippen molar-refractivity contribution in [2.24, 2.45) is 9.98 Å². The van der Waals surface area contributed by atoms with E-state index in [1.807, 2.05) is 11.0 Å². The molecule has 1 aromatic carbocycles. The SMILES string of the molecule is O=C(CC1CCCCO1)N[C@H]1C[C@H](NC2=NC(N3CCOCC3)=NC(n3c(C(F)F)nc4ccccc43)C2)C1. The summed E-state index contributed by atoms with van der Waals surface area (Å²) < 4.78 is 40.9. The van der Waals surface area contributed by atoms with Crippen LogP contribution in [0.1, 0.15) is 63.4 Å². The Morgan fingerprint density at radius 2 is 1.92 bits per heavy atom. The number of hydrogen-bond acceptors (Lipinski definition) is 8. The molecule has 2 atom stereocenters. The topological polar surface area (TPSA) is 105 Å². The second-order valence-corrected chi connectivity index (χ2v) is 10.7. The Balaban J connectivity index is 1.15. The Morgan fingerprint density at radius 1 is 1.10 bits per heavy atom. The van der Waals surface area contributed by atoms with Crippen LogP contribution in [0.25, 0.3) is 11.0 Å². The van der Waals surface area contributed by atoms with Crippen LogP contribution in [0.15, 0.2) is 34.3 Å². The minimum absolute atomic E-state index is 0.0246. The van der Waals surface area contributed by atoms with Crippen molar-refractivity contribution in [2.45, 2.75) is 75.7 Å². The first-order valence-electron chi connectivity index (χ1n) is 13.9. The minimum atomic E-state index is -2.73. The minimum Gasteiger partial charge on any atom is -0.378 e. The van der Waals surface area contributed by atoms with Crippen LogP contribution in [0.3, 0.4) is 0 Å². The van der Waals surface area contributed by atoms with E-state index >= 15 is 0 Å². The van der Waals surface area contributed by atoms with E-state index in [0.29, 0.717) is 62.0 Å². The highest BCUT2D eigenvalue weighted by Crippen LogP contribution is 2.32. The average molecular weight is 544 g/mol. The molecule has 2 unspecified atom stereocenters. The number of carbonyl (C=O) groups excluding carboxylic acids is 1. The van der Waals surface area contributed by atoms with Crippen molar-refractivity contribution in [1.29, 1.82) is 0 Å². The molecule has 39 heavy (non-hydrogen) atoms. The number of morpholine rings is 1. The third kappa shape index (κ3) is 5.91. The zero-order chi connectivity index (χ0) is 26.8. The van der Waals surface area contributed by atoms with Gasteiger partial charge < -0.3 is 25.0 Å². The molecule has 10 nitrogen and oxygen atoms in total. The average Bonchev–Trinajstić information content (AvgIpc) is 3.33. The number of imidazole rings is 1. The number of aliphatic imine (C=N–C) groups is 2. The lowest BCUT2D eigenvalue weighted by Crippen LogP contribution is -2.55. The van der Waals surface area contributed by atoms with Gasteiger partial charge in [0.05, 0.1) is 36.8 Å². The number of fused-ring (bicyclic) bond motifs is 1. The van der Waals surface area contributed by atoms with E-state index in [4.69, 9.17) is 19.5 Å². The number of nitrogens with zero attached hydrogens (tertiary/aromatic N) is 5. The number of para-hydroxylation sites is 2. The number of halogens is 2. The molecule has 4 aliphatic rings. The summed E-state index contributed by atoms with van der Waals surface area (Å²) in [6.45, 7) is 3.14. The normalized spacial score (nSPS) is 27.6. The predicted octanol–water partition coefficient (Wildman–Crippen LogP) is 3.16. The first kappa shape index (κ1) is 26.1. The molecule has 1 saturated carbocycles. The Bertz CT molecular complexity index is 1230. The second-order valence-electron chi connectivity index (χ2n) is 10.7. The number of amides is 1. The molecule has 2 N–H and O–H groups in total. The van der Waals surface area contributed by atoms with Crippen molar-refractivity contribution >= 4 is 28.7 Å². The summed E-state index contributed by atoms with van der Waals surface area (Å²) in [5.41, 5.74) is 1.14. The highest BCUT2D eigenvalue weighted by atomic mass is 19.3. The number of rotatable bonds is 6. The van der Waals surface area contributed by atoms with E-state index in [2.05, 4.69) is 15.6 Å². The largest absolute Gasteiger partial charge is 0.378 e. The number of amidine groups is 1. The van der Waals surface area contributed by atoms with Gasteiger partial charge in [-0.1, -0.05) is 12.1 Å². The fourth-order valence-electron chi connectivity index (χ4n) is 5.78. The smallest absolute Gasteiger partial charge is 0.295 e. The van der Waals surface area contributed by atoms with Crippen molar-refractivity contribution in [3.05, 3.63) is 30.1 Å². The van der Waals surface area contributed by atoms with Gasteiger partial charge in [0.25, 0.3) is 6.43 Å². The van der Waals surface area contributed by atoms with Crippen molar-refractivity contribution in [1.82, 2.24) is 25.1 Å². The van der Waals surface area contributed by atoms with Gasteiger partial charge in [0, 0.05) is 38.2 Å². The lowest BCUT2D eigenvalue weighted by molar-refractivity contribution is -0.126. The molecule has 3 fully saturated rings. The maximum absolute atomic E-state index is 14.1. The van der Waals surface area contributed by atoms with Gasteiger partial charge in [0.15, 0.2) is 5.82 Å². The van der Waals surface area contributed by atoms with E-state index in [1.54, 1.807) is 22.8 Å². The number of carbonyl (C=O) groups is 1. The summed E-state index contributed by atoms with van der Waals surface area (Å²) in [7, 11) is 0. The number of alkyl halides is 2. The number of nitrogens with one attached hydrogen (secondary N) is 2. The Labute approximate surface area is 225 Å². The molecule has 0 bridgehead atoms. The molecule has 12 heteroatoms. The van der Waals surface area contributed by atoms with Gasteiger partial charge in [0.1, 0.15) is 12.0 Å². The van der Waals surface area contributed by atoms with E-state index in [1.165, 1.54) is 0 Å². The molecule has 2 saturated heterocycles. The molecule has 210 valence electrons. The maximum atomic E-state index is 14.1. The Morgan fingerprint density at radius 3 is 2.69 bits per heavy atom. The fraction of sp³-hybridized carbons (Fsp3) is 0.630. The molecule has 4 heterocycles. The summed E-state index contributed by atoms with van der Waals surface area (Å²) in [5.74, 6) is 0.973. The molecular formula is C27H35F2N7O3. The zero-order valence-corrected chi connectivity index (χ0v) is 21.9. The van der Waals surface area contributed by atoms with Crippen LogP contribution >= 0.6 is 0 Å². The quantitative estimate of drug-likeness (QED) is 0.580. The lowest BCUT2D eigenvalue weighted by Gasteiger charge is -2.39. The van der Waals surface area contributed by atoms with Gasteiger partial charge in [-0.2, -0.15) is 0 Å². The van der Waals surface area contributed by atoms with Crippen molar-refractivity contribution < 1.29 is 23.0 Å². The summed E-state index contributed by atoms with van der Waals surface area (Å²) in [6, 6.07) is 7.40. The fourth-order valence-corrected chi connectivity index (χ4v) is 5.78. The summed E-state index contributed by atoms with van der Waals surface area (Å²) in [6.07, 6.45) is 2.12. The van der Waals surface area contributed by atoms with Crippen LogP contribution in [0, 0.1) is 0 Å². The van der Waals surface area contributed by atoms with E-state index < -0.39 is 12.6 Å². The van der Waals surface area contributed by atoms with Crippen molar-refractivity contribution in [3.63, 3.8) is 0 Å². The standard InChI is InChI=1S/C27H35F2N7O3/c28-25(29)26-32-20-6-1-2-7-21(20)36(26)23-16-22(33-27(34-23)35-8-11-38-12-9-35)30-17-13-18(14-17)31-24(37)15-19-5-3-4-10-39-19/h1-2,6-7,17-19,23,25H,3-5,8-16H2,(H,31,37)(H,30,33,34)/t17-,18-,19?,23?. The highest BCUT2D eigenvalue weighted by Gasteiger charge is 2.34. The lowest BCUT2D eigenvalue weighted by atomic mass is 9.86. The van der Waals surface area contributed by atoms with E-state index in [0.717, 1.165) is 38.7 Å². The van der Waals surface area contributed by atoms with Crippen LogP contribution in [-0.4, -0.2) is 83.3 Å². The van der Waals surface area contributed by atoms with E-state index in [9.17, 15) is 13.6 Å². The first-order valence-corrected chi connectivity index (χ1v) is 13.9. The summed E-state index contributed by atoms with van der Waals surface area (Å²) in [5, 5.41) is 6.63.